The number of benzene rings is 1. The van der Waals surface area contributed by atoms with E-state index in [4.69, 9.17) is 11.6 Å². The molecule has 5 heteroatoms. The molecule has 0 aliphatic carbocycles. The highest BCUT2D eigenvalue weighted by Gasteiger charge is 2.13. The average molecular weight is 292 g/mol. The molecule has 1 atom stereocenters. The van der Waals surface area contributed by atoms with Crippen molar-refractivity contribution in [1.82, 2.24) is 9.78 Å². The second kappa shape index (κ2) is 6.57. The van der Waals surface area contributed by atoms with Crippen molar-refractivity contribution < 1.29 is 0 Å². The molecule has 20 heavy (non-hydrogen) atoms. The summed E-state index contributed by atoms with van der Waals surface area (Å²) in [7, 11) is 0. The van der Waals surface area contributed by atoms with Crippen molar-refractivity contribution in [1.29, 1.82) is 0 Å². The van der Waals surface area contributed by atoms with E-state index in [1.165, 1.54) is 4.68 Å². The Morgan fingerprint density at radius 3 is 2.60 bits per heavy atom. The number of hydrogen-bond acceptors (Lipinski definition) is 3. The second-order valence-electron chi connectivity index (χ2n) is 4.51. The largest absolute Gasteiger partial charge is 0.376 e. The third kappa shape index (κ3) is 3.02. The smallest absolute Gasteiger partial charge is 0.287 e. The van der Waals surface area contributed by atoms with Gasteiger partial charge in [0.1, 0.15) is 5.02 Å². The third-order valence-electron chi connectivity index (χ3n) is 3.22. The molecule has 2 rings (SSSR count). The number of aromatic nitrogens is 2. The van der Waals surface area contributed by atoms with E-state index in [1.807, 2.05) is 25.1 Å². The van der Waals surface area contributed by atoms with Gasteiger partial charge in [0.2, 0.25) is 0 Å². The number of hydrogen-bond donors (Lipinski definition) is 1. The molecule has 1 aromatic heterocycles. The lowest BCUT2D eigenvalue weighted by molar-refractivity contribution is 0.615. The summed E-state index contributed by atoms with van der Waals surface area (Å²) in [5.41, 5.74) is 1.48. The number of rotatable bonds is 5. The van der Waals surface area contributed by atoms with Gasteiger partial charge < -0.3 is 5.32 Å². The molecule has 0 amide bonds. The van der Waals surface area contributed by atoms with Crippen LogP contribution in [0.25, 0.3) is 0 Å². The van der Waals surface area contributed by atoms with Gasteiger partial charge in [0, 0.05) is 6.54 Å². The molecule has 106 valence electrons. The molecule has 0 saturated heterocycles. The minimum Gasteiger partial charge on any atom is -0.376 e. The van der Waals surface area contributed by atoms with Crippen LogP contribution >= 0.6 is 11.6 Å². The van der Waals surface area contributed by atoms with Gasteiger partial charge in [-0.05, 0) is 18.9 Å². The lowest BCUT2D eigenvalue weighted by atomic mass is 10.0. The number of nitrogens with one attached hydrogen (secondary N) is 1. The summed E-state index contributed by atoms with van der Waals surface area (Å²) in [6, 6.07) is 10.2. The van der Waals surface area contributed by atoms with Gasteiger partial charge in [0.05, 0.1) is 17.9 Å². The molecule has 1 unspecified atom stereocenters. The highest BCUT2D eigenvalue weighted by molar-refractivity contribution is 6.32. The maximum absolute atomic E-state index is 12.0. The Morgan fingerprint density at radius 1 is 1.30 bits per heavy atom. The van der Waals surface area contributed by atoms with Crippen LogP contribution < -0.4 is 10.9 Å². The highest BCUT2D eigenvalue weighted by Crippen LogP contribution is 2.25. The van der Waals surface area contributed by atoms with E-state index in [9.17, 15) is 4.79 Å². The van der Waals surface area contributed by atoms with Crippen LogP contribution in [0.1, 0.15) is 31.9 Å². The first kappa shape index (κ1) is 14.6. The third-order valence-corrected chi connectivity index (χ3v) is 3.59. The molecule has 0 radical (unpaired) electrons. The van der Waals surface area contributed by atoms with E-state index in [1.54, 1.807) is 6.20 Å². The van der Waals surface area contributed by atoms with Gasteiger partial charge in [-0.3, -0.25) is 4.79 Å². The Morgan fingerprint density at radius 2 is 2.00 bits per heavy atom. The van der Waals surface area contributed by atoms with Crippen molar-refractivity contribution in [2.24, 2.45) is 0 Å². The van der Waals surface area contributed by atoms with Gasteiger partial charge >= 0.3 is 0 Å². The molecular formula is C15H18ClN3O. The minimum atomic E-state index is -0.262. The Hall–Kier alpha value is -1.81. The van der Waals surface area contributed by atoms with Crippen molar-refractivity contribution >= 4 is 17.3 Å². The fraction of sp³-hybridized carbons (Fsp3) is 0.333. The van der Waals surface area contributed by atoms with Crippen molar-refractivity contribution in [3.63, 3.8) is 0 Å². The van der Waals surface area contributed by atoms with Crippen LogP contribution in [0, 0.1) is 0 Å². The first-order chi connectivity index (χ1) is 9.67. The summed E-state index contributed by atoms with van der Waals surface area (Å²) < 4.78 is 1.34. The Balaban J connectivity index is 2.29. The SMILES string of the molecule is CCC(Nc1cnn(CC)c(=O)c1Cl)c1ccccc1. The number of anilines is 1. The van der Waals surface area contributed by atoms with Gasteiger partial charge in [0.25, 0.3) is 5.56 Å². The van der Waals surface area contributed by atoms with E-state index in [2.05, 4.69) is 29.5 Å². The van der Waals surface area contributed by atoms with E-state index in [0.717, 1.165) is 12.0 Å². The summed E-state index contributed by atoms with van der Waals surface area (Å²) in [5.74, 6) is 0. The lowest BCUT2D eigenvalue weighted by Gasteiger charge is -2.19. The van der Waals surface area contributed by atoms with Crippen LogP contribution in [0.15, 0.2) is 41.3 Å². The molecule has 1 heterocycles. The predicted molar refractivity (Wildman–Crippen MR) is 82.3 cm³/mol. The summed E-state index contributed by atoms with van der Waals surface area (Å²) in [6.07, 6.45) is 2.50. The molecule has 0 fully saturated rings. The molecular weight excluding hydrogens is 274 g/mol. The maximum Gasteiger partial charge on any atom is 0.287 e. The summed E-state index contributed by atoms with van der Waals surface area (Å²) >= 11 is 6.13. The molecule has 0 bridgehead atoms. The monoisotopic (exact) mass is 291 g/mol. The highest BCUT2D eigenvalue weighted by atomic mass is 35.5. The van der Waals surface area contributed by atoms with Crippen molar-refractivity contribution in [2.45, 2.75) is 32.9 Å². The van der Waals surface area contributed by atoms with Gasteiger partial charge in [-0.25, -0.2) is 4.68 Å². The van der Waals surface area contributed by atoms with Crippen LogP contribution in [-0.4, -0.2) is 9.78 Å². The van der Waals surface area contributed by atoms with Gasteiger partial charge in [-0.1, -0.05) is 48.9 Å². The number of aryl methyl sites for hydroxylation is 1. The second-order valence-corrected chi connectivity index (χ2v) is 4.89. The summed E-state index contributed by atoms with van der Waals surface area (Å²) in [6.45, 7) is 4.45. The Bertz CT molecular complexity index is 625. The Kier molecular flexibility index (Phi) is 4.79. The number of nitrogens with zero attached hydrogens (tertiary/aromatic N) is 2. The maximum atomic E-state index is 12.0. The molecule has 1 aromatic carbocycles. The molecule has 0 spiro atoms. The molecule has 4 nitrogen and oxygen atoms in total. The van der Waals surface area contributed by atoms with Crippen LogP contribution in [0.5, 0.6) is 0 Å². The standard InChI is InChI=1S/C15H18ClN3O/c1-3-12(11-8-6-5-7-9-11)18-13-10-17-19(4-2)15(20)14(13)16/h5-10,12,18H,3-4H2,1-2H3. The van der Waals surface area contributed by atoms with Crippen LogP contribution in [0.3, 0.4) is 0 Å². The topological polar surface area (TPSA) is 46.9 Å². The van der Waals surface area contributed by atoms with Crippen molar-refractivity contribution in [3.05, 3.63) is 57.5 Å². The van der Waals surface area contributed by atoms with E-state index in [-0.39, 0.29) is 16.6 Å². The molecule has 0 aliphatic heterocycles. The van der Waals surface area contributed by atoms with E-state index in [0.29, 0.717) is 12.2 Å². The van der Waals surface area contributed by atoms with Crippen LogP contribution in [0.2, 0.25) is 5.02 Å². The summed E-state index contributed by atoms with van der Waals surface area (Å²) in [4.78, 5) is 12.0. The minimum absolute atomic E-state index is 0.104. The molecule has 0 saturated carbocycles. The predicted octanol–water partition coefficient (Wildman–Crippen LogP) is 3.48. The fourth-order valence-electron chi connectivity index (χ4n) is 2.09. The average Bonchev–Trinajstić information content (AvgIpc) is 2.50. The van der Waals surface area contributed by atoms with Gasteiger partial charge in [-0.2, -0.15) is 5.10 Å². The molecule has 0 aliphatic rings. The zero-order valence-electron chi connectivity index (χ0n) is 11.6. The number of halogens is 1. The zero-order chi connectivity index (χ0) is 14.5. The normalized spacial score (nSPS) is 12.2. The van der Waals surface area contributed by atoms with E-state index < -0.39 is 0 Å². The fourth-order valence-corrected chi connectivity index (χ4v) is 2.29. The quantitative estimate of drug-likeness (QED) is 0.917. The molecule has 1 N–H and O–H groups in total. The lowest BCUT2D eigenvalue weighted by Crippen LogP contribution is -2.24. The first-order valence-corrected chi connectivity index (χ1v) is 7.12. The van der Waals surface area contributed by atoms with Crippen LogP contribution in [0.4, 0.5) is 5.69 Å². The van der Waals surface area contributed by atoms with Crippen molar-refractivity contribution in [3.8, 4) is 0 Å². The zero-order valence-corrected chi connectivity index (χ0v) is 12.4. The van der Waals surface area contributed by atoms with Crippen molar-refractivity contribution in [2.75, 3.05) is 5.32 Å². The summed E-state index contributed by atoms with van der Waals surface area (Å²) in [5, 5.41) is 7.58. The Labute approximate surface area is 123 Å². The first-order valence-electron chi connectivity index (χ1n) is 6.74. The van der Waals surface area contributed by atoms with Crippen LogP contribution in [-0.2, 0) is 6.54 Å². The van der Waals surface area contributed by atoms with E-state index >= 15 is 0 Å². The molecule has 2 aromatic rings. The van der Waals surface area contributed by atoms with Gasteiger partial charge in [-0.15, -0.1) is 0 Å². The van der Waals surface area contributed by atoms with Gasteiger partial charge in [0.15, 0.2) is 0 Å².